The molecule has 3 rings (SSSR count). The number of aromatic amines is 1. The smallest absolute Gasteiger partial charge is 0.137 e. The van der Waals surface area contributed by atoms with Crippen LogP contribution in [0.2, 0.25) is 0 Å². The van der Waals surface area contributed by atoms with E-state index in [1.807, 2.05) is 31.2 Å². The van der Waals surface area contributed by atoms with Gasteiger partial charge < -0.3 is 10.2 Å². The number of benzene rings is 1. The van der Waals surface area contributed by atoms with E-state index in [0.29, 0.717) is 11.5 Å². The summed E-state index contributed by atoms with van der Waals surface area (Å²) in [6.07, 6.45) is 1.60. The molecule has 86 valence electrons. The second-order valence-electron chi connectivity index (χ2n) is 4.01. The maximum atomic E-state index is 6.06. The summed E-state index contributed by atoms with van der Waals surface area (Å²) < 4.78 is 5.78. The second-order valence-corrected chi connectivity index (χ2v) is 4.01. The van der Waals surface area contributed by atoms with Crippen LogP contribution >= 0.6 is 0 Å². The molecule has 0 spiro atoms. The van der Waals surface area contributed by atoms with Crippen LogP contribution in [-0.4, -0.2) is 15.4 Å². The maximum Gasteiger partial charge on any atom is 0.137 e. The Bertz CT molecular complexity index is 642. The van der Waals surface area contributed by atoms with Crippen LogP contribution in [0, 0.1) is 6.92 Å². The molecule has 3 N–H and O–H groups in total. The van der Waals surface area contributed by atoms with Crippen LogP contribution < -0.4 is 5.73 Å². The molecular weight excluding hydrogens is 216 g/mol. The lowest BCUT2D eigenvalue weighted by molar-refractivity contribution is 0.519. The van der Waals surface area contributed by atoms with Crippen molar-refractivity contribution in [2.24, 2.45) is 5.73 Å². The molecule has 3 aromatic rings. The fourth-order valence-corrected chi connectivity index (χ4v) is 1.89. The summed E-state index contributed by atoms with van der Waals surface area (Å²) in [6, 6.07) is 7.57. The van der Waals surface area contributed by atoms with Gasteiger partial charge in [-0.25, -0.2) is 0 Å². The van der Waals surface area contributed by atoms with E-state index >= 15 is 0 Å². The number of nitrogens with two attached hydrogens (primary N) is 1. The molecule has 1 unspecified atom stereocenters. The first kappa shape index (κ1) is 10.0. The highest BCUT2D eigenvalue weighted by Gasteiger charge is 2.16. The lowest BCUT2D eigenvalue weighted by Crippen LogP contribution is -2.11. The van der Waals surface area contributed by atoms with E-state index < -0.39 is 0 Å². The van der Waals surface area contributed by atoms with Crippen LogP contribution in [0.3, 0.4) is 0 Å². The minimum Gasteiger partial charge on any atom is -0.459 e. The van der Waals surface area contributed by atoms with Crippen LogP contribution in [0.25, 0.3) is 11.0 Å². The van der Waals surface area contributed by atoms with Crippen molar-refractivity contribution in [3.05, 3.63) is 47.5 Å². The third kappa shape index (κ3) is 1.60. The summed E-state index contributed by atoms with van der Waals surface area (Å²) in [6.45, 7) is 2.01. The van der Waals surface area contributed by atoms with Gasteiger partial charge in [0, 0.05) is 5.39 Å². The van der Waals surface area contributed by atoms with Gasteiger partial charge in [0.15, 0.2) is 0 Å². The fourth-order valence-electron chi connectivity index (χ4n) is 1.89. The van der Waals surface area contributed by atoms with Crippen molar-refractivity contribution in [3.8, 4) is 0 Å². The molecule has 5 nitrogen and oxygen atoms in total. The zero-order valence-corrected chi connectivity index (χ0v) is 9.34. The standard InChI is InChI=1S/C12H12N4O/c1-7-3-2-4-8-5-10(17-12(7)8)11(13)9-6-14-16-15-9/h2-6,11H,13H2,1H3,(H,14,15,16). The molecule has 0 radical (unpaired) electrons. The Balaban J connectivity index is 2.10. The van der Waals surface area contributed by atoms with Crippen molar-refractivity contribution in [1.29, 1.82) is 0 Å². The number of aromatic nitrogens is 3. The molecular formula is C12H12N4O. The summed E-state index contributed by atoms with van der Waals surface area (Å²) in [5.74, 6) is 0.697. The number of nitrogens with one attached hydrogen (secondary N) is 1. The largest absolute Gasteiger partial charge is 0.459 e. The molecule has 0 saturated carbocycles. The minimum absolute atomic E-state index is 0.388. The summed E-state index contributed by atoms with van der Waals surface area (Å²) in [7, 11) is 0. The molecule has 0 aliphatic rings. The van der Waals surface area contributed by atoms with Crippen LogP contribution in [-0.2, 0) is 0 Å². The number of hydrogen-bond donors (Lipinski definition) is 2. The summed E-state index contributed by atoms with van der Waals surface area (Å²) in [5, 5.41) is 11.3. The molecule has 0 aliphatic heterocycles. The first-order chi connectivity index (χ1) is 8.25. The van der Waals surface area contributed by atoms with Gasteiger partial charge in [-0.15, -0.1) is 0 Å². The Morgan fingerprint density at radius 3 is 3.00 bits per heavy atom. The second kappa shape index (κ2) is 3.71. The molecule has 1 atom stereocenters. The molecule has 0 fully saturated rings. The summed E-state index contributed by atoms with van der Waals surface area (Å²) >= 11 is 0. The van der Waals surface area contributed by atoms with E-state index in [2.05, 4.69) is 15.4 Å². The summed E-state index contributed by atoms with van der Waals surface area (Å²) in [5.41, 5.74) is 8.70. The van der Waals surface area contributed by atoms with Crippen LogP contribution in [0.5, 0.6) is 0 Å². The quantitative estimate of drug-likeness (QED) is 0.702. The van der Waals surface area contributed by atoms with Gasteiger partial charge in [0.25, 0.3) is 0 Å². The Morgan fingerprint density at radius 1 is 1.41 bits per heavy atom. The van der Waals surface area contributed by atoms with E-state index in [0.717, 1.165) is 16.5 Å². The Morgan fingerprint density at radius 2 is 2.29 bits per heavy atom. The monoisotopic (exact) mass is 228 g/mol. The van der Waals surface area contributed by atoms with Gasteiger partial charge in [-0.1, -0.05) is 18.2 Å². The molecule has 0 aliphatic carbocycles. The maximum absolute atomic E-state index is 6.06. The average molecular weight is 228 g/mol. The van der Waals surface area contributed by atoms with Crippen molar-refractivity contribution >= 4 is 11.0 Å². The lowest BCUT2D eigenvalue weighted by Gasteiger charge is -2.02. The number of rotatable bonds is 2. The average Bonchev–Trinajstić information content (AvgIpc) is 2.98. The topological polar surface area (TPSA) is 80.7 Å². The van der Waals surface area contributed by atoms with E-state index in [1.165, 1.54) is 0 Å². The lowest BCUT2D eigenvalue weighted by atomic mass is 10.1. The molecule has 2 aromatic heterocycles. The third-order valence-electron chi connectivity index (χ3n) is 2.82. The van der Waals surface area contributed by atoms with Gasteiger partial charge in [-0.3, -0.25) is 0 Å². The van der Waals surface area contributed by atoms with Gasteiger partial charge in [0.05, 0.1) is 6.20 Å². The third-order valence-corrected chi connectivity index (χ3v) is 2.82. The zero-order valence-electron chi connectivity index (χ0n) is 9.34. The van der Waals surface area contributed by atoms with Crippen LogP contribution in [0.15, 0.2) is 34.9 Å². The Labute approximate surface area is 97.6 Å². The van der Waals surface area contributed by atoms with Gasteiger partial charge in [-0.2, -0.15) is 15.4 Å². The molecule has 5 heteroatoms. The van der Waals surface area contributed by atoms with Crippen LogP contribution in [0.4, 0.5) is 0 Å². The first-order valence-corrected chi connectivity index (χ1v) is 5.36. The predicted molar refractivity (Wildman–Crippen MR) is 63.4 cm³/mol. The number of furan rings is 1. The van der Waals surface area contributed by atoms with E-state index in [9.17, 15) is 0 Å². The number of fused-ring (bicyclic) bond motifs is 1. The SMILES string of the molecule is Cc1cccc2cc(C(N)c3cn[nH]n3)oc12. The van der Waals surface area contributed by atoms with Gasteiger partial charge in [0.1, 0.15) is 23.1 Å². The van der Waals surface area contributed by atoms with Crippen molar-refractivity contribution in [2.75, 3.05) is 0 Å². The Kier molecular flexibility index (Phi) is 2.19. The van der Waals surface area contributed by atoms with Gasteiger partial charge in [0.2, 0.25) is 0 Å². The van der Waals surface area contributed by atoms with Gasteiger partial charge >= 0.3 is 0 Å². The molecule has 0 amide bonds. The molecule has 0 saturated heterocycles. The number of H-pyrrole nitrogens is 1. The molecule has 1 aromatic carbocycles. The minimum atomic E-state index is -0.388. The summed E-state index contributed by atoms with van der Waals surface area (Å²) in [4.78, 5) is 0. The van der Waals surface area contributed by atoms with Gasteiger partial charge in [-0.05, 0) is 18.6 Å². The zero-order chi connectivity index (χ0) is 11.8. The highest BCUT2D eigenvalue weighted by molar-refractivity contribution is 5.81. The molecule has 2 heterocycles. The predicted octanol–water partition coefficient (Wildman–Crippen LogP) is 1.91. The highest BCUT2D eigenvalue weighted by Crippen LogP contribution is 2.27. The number of para-hydroxylation sites is 1. The fraction of sp³-hybridized carbons (Fsp3) is 0.167. The van der Waals surface area contributed by atoms with E-state index in [-0.39, 0.29) is 6.04 Å². The van der Waals surface area contributed by atoms with Crippen molar-refractivity contribution in [2.45, 2.75) is 13.0 Å². The first-order valence-electron chi connectivity index (χ1n) is 5.36. The number of nitrogens with zero attached hydrogens (tertiary/aromatic N) is 2. The van der Waals surface area contributed by atoms with Crippen molar-refractivity contribution < 1.29 is 4.42 Å². The number of hydrogen-bond acceptors (Lipinski definition) is 4. The van der Waals surface area contributed by atoms with E-state index in [4.69, 9.17) is 10.2 Å². The number of aryl methyl sites for hydroxylation is 1. The van der Waals surface area contributed by atoms with E-state index in [1.54, 1.807) is 6.20 Å². The van der Waals surface area contributed by atoms with Crippen LogP contribution in [0.1, 0.15) is 23.1 Å². The molecule has 17 heavy (non-hydrogen) atoms. The molecule has 0 bridgehead atoms. The van der Waals surface area contributed by atoms with Crippen molar-refractivity contribution in [1.82, 2.24) is 15.4 Å². The Hall–Kier alpha value is -2.14. The van der Waals surface area contributed by atoms with Crippen molar-refractivity contribution in [3.63, 3.8) is 0 Å². The normalized spacial score (nSPS) is 13.1. The highest BCUT2D eigenvalue weighted by atomic mass is 16.3.